The van der Waals surface area contributed by atoms with Crippen LogP contribution in [0.4, 0.5) is 0 Å². The number of aromatic nitrogens is 4. The number of hydrogen-bond acceptors (Lipinski definition) is 5. The molecule has 3 rings (SSSR count). The van der Waals surface area contributed by atoms with Gasteiger partial charge in [-0.25, -0.2) is 9.50 Å². The first kappa shape index (κ1) is 15.0. The molecule has 0 bridgehead atoms. The second-order valence-corrected chi connectivity index (χ2v) is 5.09. The van der Waals surface area contributed by atoms with Crippen LogP contribution in [0.1, 0.15) is 21.9 Å². The van der Waals surface area contributed by atoms with Crippen molar-refractivity contribution in [1.82, 2.24) is 24.9 Å². The van der Waals surface area contributed by atoms with E-state index in [1.807, 2.05) is 37.3 Å². The smallest absolute Gasteiger partial charge is 0.291 e. The Bertz CT molecular complexity index is 826. The average Bonchev–Trinajstić information content (AvgIpc) is 3.01. The molecule has 0 fully saturated rings. The van der Waals surface area contributed by atoms with Gasteiger partial charge in [-0.1, -0.05) is 12.1 Å². The summed E-state index contributed by atoms with van der Waals surface area (Å²) in [5.74, 6) is 1.06. The zero-order valence-corrected chi connectivity index (χ0v) is 13.0. The lowest BCUT2D eigenvalue weighted by atomic mass is 10.1. The molecule has 2 aromatic heterocycles. The molecule has 1 aromatic carbocycles. The predicted octanol–water partition coefficient (Wildman–Crippen LogP) is 1.41. The van der Waals surface area contributed by atoms with Gasteiger partial charge in [-0.3, -0.25) is 4.79 Å². The highest BCUT2D eigenvalue weighted by atomic mass is 16.5. The van der Waals surface area contributed by atoms with Crippen LogP contribution in [0.15, 0.2) is 36.5 Å². The quantitative estimate of drug-likeness (QED) is 0.770. The van der Waals surface area contributed by atoms with Crippen molar-refractivity contribution in [2.75, 3.05) is 13.7 Å². The molecule has 118 valence electrons. The number of nitrogens with one attached hydrogen (secondary N) is 1. The van der Waals surface area contributed by atoms with Crippen LogP contribution >= 0.6 is 0 Å². The summed E-state index contributed by atoms with van der Waals surface area (Å²) in [6, 6.07) is 9.56. The summed E-state index contributed by atoms with van der Waals surface area (Å²) in [4.78, 5) is 20.3. The lowest BCUT2D eigenvalue weighted by Gasteiger charge is -2.04. The zero-order valence-electron chi connectivity index (χ0n) is 13.0. The van der Waals surface area contributed by atoms with Crippen molar-refractivity contribution in [1.29, 1.82) is 0 Å². The third-order valence-corrected chi connectivity index (χ3v) is 3.49. The minimum Gasteiger partial charge on any atom is -0.497 e. The molecule has 0 atom stereocenters. The maximum Gasteiger partial charge on any atom is 0.291 e. The van der Waals surface area contributed by atoms with E-state index in [-0.39, 0.29) is 11.7 Å². The number of ether oxygens (including phenoxy) is 1. The van der Waals surface area contributed by atoms with Crippen LogP contribution in [0.5, 0.6) is 5.75 Å². The fourth-order valence-corrected chi connectivity index (χ4v) is 2.19. The molecule has 7 heteroatoms. The van der Waals surface area contributed by atoms with E-state index >= 15 is 0 Å². The number of methoxy groups -OCH3 is 1. The Balaban J connectivity index is 1.60. The van der Waals surface area contributed by atoms with Gasteiger partial charge in [0.05, 0.1) is 7.11 Å². The van der Waals surface area contributed by atoms with Gasteiger partial charge in [0.1, 0.15) is 5.75 Å². The van der Waals surface area contributed by atoms with Crippen molar-refractivity contribution in [3.63, 3.8) is 0 Å². The first-order valence-corrected chi connectivity index (χ1v) is 7.27. The van der Waals surface area contributed by atoms with Gasteiger partial charge in [0.15, 0.2) is 0 Å². The number of carbonyl (C=O) groups is 1. The Hall–Kier alpha value is -2.96. The molecule has 0 unspecified atom stereocenters. The molecular weight excluding hydrogens is 294 g/mol. The predicted molar refractivity (Wildman–Crippen MR) is 84.6 cm³/mol. The molecule has 0 aliphatic heterocycles. The summed E-state index contributed by atoms with van der Waals surface area (Å²) < 4.78 is 6.67. The van der Waals surface area contributed by atoms with Crippen LogP contribution in [-0.2, 0) is 6.42 Å². The highest BCUT2D eigenvalue weighted by Gasteiger charge is 2.13. The Morgan fingerprint density at radius 3 is 2.74 bits per heavy atom. The van der Waals surface area contributed by atoms with Gasteiger partial charge >= 0.3 is 0 Å². The van der Waals surface area contributed by atoms with Gasteiger partial charge < -0.3 is 10.1 Å². The number of fused-ring (bicyclic) bond motifs is 1. The Morgan fingerprint density at radius 2 is 2.04 bits per heavy atom. The minimum atomic E-state index is -0.302. The highest BCUT2D eigenvalue weighted by molar-refractivity contribution is 5.90. The number of aryl methyl sites for hydroxylation is 1. The molecular formula is C16H17N5O2. The molecule has 0 spiro atoms. The third kappa shape index (κ3) is 3.28. The minimum absolute atomic E-state index is 0.126. The molecule has 3 aromatic rings. The molecule has 23 heavy (non-hydrogen) atoms. The molecule has 1 amide bonds. The molecule has 0 aliphatic rings. The van der Waals surface area contributed by atoms with Gasteiger partial charge in [-0.2, -0.15) is 4.98 Å². The standard InChI is InChI=1S/C16H17N5O2/c1-11-7-9-18-16-19-14(20-21(11)16)15(22)17-10-8-12-3-5-13(23-2)6-4-12/h3-7,9H,8,10H2,1-2H3,(H,17,22). The van der Waals surface area contributed by atoms with E-state index in [4.69, 9.17) is 4.74 Å². The Kier molecular flexibility index (Phi) is 4.18. The molecule has 0 aliphatic carbocycles. The topological polar surface area (TPSA) is 81.4 Å². The molecule has 2 heterocycles. The molecule has 0 saturated carbocycles. The number of amides is 1. The van der Waals surface area contributed by atoms with Gasteiger partial charge in [0.25, 0.3) is 11.7 Å². The van der Waals surface area contributed by atoms with Crippen LogP contribution in [-0.4, -0.2) is 39.1 Å². The Morgan fingerprint density at radius 1 is 1.26 bits per heavy atom. The van der Waals surface area contributed by atoms with Crippen molar-refractivity contribution in [3.8, 4) is 5.75 Å². The van der Waals surface area contributed by atoms with Gasteiger partial charge in [-0.05, 0) is 37.1 Å². The van der Waals surface area contributed by atoms with Crippen molar-refractivity contribution >= 4 is 11.7 Å². The van der Waals surface area contributed by atoms with E-state index in [9.17, 15) is 4.79 Å². The molecule has 0 saturated heterocycles. The SMILES string of the molecule is COc1ccc(CCNC(=O)c2nc3nccc(C)n3n2)cc1. The van der Waals surface area contributed by atoms with Gasteiger partial charge in [-0.15, -0.1) is 5.10 Å². The van der Waals surface area contributed by atoms with Crippen LogP contribution in [0, 0.1) is 6.92 Å². The lowest BCUT2D eigenvalue weighted by molar-refractivity contribution is 0.0944. The normalized spacial score (nSPS) is 10.7. The third-order valence-electron chi connectivity index (χ3n) is 3.49. The summed E-state index contributed by atoms with van der Waals surface area (Å²) in [5, 5.41) is 7.00. The van der Waals surface area contributed by atoms with Crippen LogP contribution < -0.4 is 10.1 Å². The maximum absolute atomic E-state index is 12.1. The van der Waals surface area contributed by atoms with Crippen molar-refractivity contribution in [2.24, 2.45) is 0 Å². The molecule has 0 radical (unpaired) electrons. The first-order valence-electron chi connectivity index (χ1n) is 7.27. The van der Waals surface area contributed by atoms with Gasteiger partial charge in [0, 0.05) is 18.4 Å². The molecule has 1 N–H and O–H groups in total. The highest BCUT2D eigenvalue weighted by Crippen LogP contribution is 2.11. The maximum atomic E-state index is 12.1. The van der Waals surface area contributed by atoms with Crippen molar-refractivity contribution in [2.45, 2.75) is 13.3 Å². The number of hydrogen-bond donors (Lipinski definition) is 1. The van der Waals surface area contributed by atoms with Crippen molar-refractivity contribution < 1.29 is 9.53 Å². The summed E-state index contributed by atoms with van der Waals surface area (Å²) in [6.45, 7) is 2.39. The molecule has 7 nitrogen and oxygen atoms in total. The summed E-state index contributed by atoms with van der Waals surface area (Å²) in [7, 11) is 1.63. The number of carbonyl (C=O) groups excluding carboxylic acids is 1. The zero-order chi connectivity index (χ0) is 16.2. The number of benzene rings is 1. The largest absolute Gasteiger partial charge is 0.497 e. The second kappa shape index (κ2) is 6.43. The second-order valence-electron chi connectivity index (χ2n) is 5.09. The van der Waals surface area contributed by atoms with E-state index in [0.717, 1.165) is 23.4 Å². The van der Waals surface area contributed by atoms with Crippen LogP contribution in [0.3, 0.4) is 0 Å². The first-order chi connectivity index (χ1) is 11.2. The number of nitrogens with zero attached hydrogens (tertiary/aromatic N) is 4. The van der Waals surface area contributed by atoms with Gasteiger partial charge in [0.2, 0.25) is 5.82 Å². The summed E-state index contributed by atoms with van der Waals surface area (Å²) >= 11 is 0. The fraction of sp³-hybridized carbons (Fsp3) is 0.250. The summed E-state index contributed by atoms with van der Waals surface area (Å²) in [6.07, 6.45) is 2.37. The van der Waals surface area contributed by atoms with Crippen LogP contribution in [0.25, 0.3) is 5.78 Å². The van der Waals surface area contributed by atoms with Crippen LogP contribution in [0.2, 0.25) is 0 Å². The van der Waals surface area contributed by atoms with Crippen molar-refractivity contribution in [3.05, 3.63) is 53.6 Å². The van der Waals surface area contributed by atoms with E-state index < -0.39 is 0 Å². The monoisotopic (exact) mass is 311 g/mol. The lowest BCUT2D eigenvalue weighted by Crippen LogP contribution is -2.26. The van der Waals surface area contributed by atoms with E-state index in [1.165, 1.54) is 0 Å². The van der Waals surface area contributed by atoms with E-state index in [0.29, 0.717) is 12.3 Å². The van der Waals surface area contributed by atoms with E-state index in [2.05, 4.69) is 20.4 Å². The average molecular weight is 311 g/mol. The van der Waals surface area contributed by atoms with E-state index in [1.54, 1.807) is 17.8 Å². The number of rotatable bonds is 5. The summed E-state index contributed by atoms with van der Waals surface area (Å²) in [5.41, 5.74) is 1.99. The fourth-order valence-electron chi connectivity index (χ4n) is 2.19. The Labute approximate surface area is 133 Å².